The van der Waals surface area contributed by atoms with Gasteiger partial charge in [0, 0.05) is 26.2 Å². The van der Waals surface area contributed by atoms with Gasteiger partial charge in [0.1, 0.15) is 0 Å². The monoisotopic (exact) mass is 230 g/mol. The molecule has 2 N–H and O–H groups in total. The fraction of sp³-hybridized carbons (Fsp3) is 0.909. The van der Waals surface area contributed by atoms with Crippen LogP contribution in [0.15, 0.2) is 0 Å². The summed E-state index contributed by atoms with van der Waals surface area (Å²) in [7, 11) is 0. The summed E-state index contributed by atoms with van der Waals surface area (Å²) in [6, 6.07) is 0.0189. The fourth-order valence-corrected chi connectivity index (χ4v) is 1.66. The van der Waals surface area contributed by atoms with Crippen molar-refractivity contribution in [2.24, 2.45) is 0 Å². The normalized spacial score (nSPS) is 16.2. The molecule has 94 valence electrons. The number of rotatable bonds is 6. The number of nitrogens with zero attached hydrogens (tertiary/aromatic N) is 1. The molecular formula is C11H22N2O3. The van der Waals surface area contributed by atoms with Gasteiger partial charge in [-0.3, -0.25) is 0 Å². The Bertz CT molecular complexity index is 194. The Kier molecular flexibility index (Phi) is 6.92. The molecule has 1 fully saturated rings. The summed E-state index contributed by atoms with van der Waals surface area (Å²) >= 11 is 0. The van der Waals surface area contributed by atoms with Crippen LogP contribution in [0, 0.1) is 0 Å². The molecule has 0 radical (unpaired) electrons. The Hall–Kier alpha value is -0.810. The van der Waals surface area contributed by atoms with Crippen molar-refractivity contribution >= 4 is 6.03 Å². The highest BCUT2D eigenvalue weighted by molar-refractivity contribution is 5.74. The van der Waals surface area contributed by atoms with Crippen molar-refractivity contribution in [2.45, 2.75) is 25.7 Å². The van der Waals surface area contributed by atoms with Crippen LogP contribution in [-0.2, 0) is 4.74 Å². The van der Waals surface area contributed by atoms with E-state index in [-0.39, 0.29) is 12.6 Å². The Morgan fingerprint density at radius 1 is 1.19 bits per heavy atom. The van der Waals surface area contributed by atoms with Crippen LogP contribution in [0.1, 0.15) is 25.7 Å². The molecule has 5 nitrogen and oxygen atoms in total. The van der Waals surface area contributed by atoms with E-state index in [0.29, 0.717) is 26.3 Å². The van der Waals surface area contributed by atoms with Gasteiger partial charge in [0.25, 0.3) is 0 Å². The summed E-state index contributed by atoms with van der Waals surface area (Å²) in [5.74, 6) is 0. The first-order chi connectivity index (χ1) is 7.84. The van der Waals surface area contributed by atoms with E-state index >= 15 is 0 Å². The highest BCUT2D eigenvalue weighted by Gasteiger charge is 2.15. The fourth-order valence-electron chi connectivity index (χ4n) is 1.66. The van der Waals surface area contributed by atoms with Gasteiger partial charge in [-0.2, -0.15) is 0 Å². The first-order valence-electron chi connectivity index (χ1n) is 6.06. The van der Waals surface area contributed by atoms with Gasteiger partial charge in [-0.15, -0.1) is 0 Å². The average molecular weight is 230 g/mol. The number of hydrogen-bond acceptors (Lipinski definition) is 3. The molecular weight excluding hydrogens is 208 g/mol. The molecule has 5 heteroatoms. The zero-order chi connectivity index (χ0) is 11.6. The number of amides is 2. The summed E-state index contributed by atoms with van der Waals surface area (Å²) < 4.78 is 5.17. The molecule has 0 unspecified atom stereocenters. The zero-order valence-corrected chi connectivity index (χ0v) is 9.78. The lowest BCUT2D eigenvalue weighted by atomic mass is 10.2. The molecule has 0 spiro atoms. The lowest BCUT2D eigenvalue weighted by molar-refractivity contribution is 0.0532. The van der Waals surface area contributed by atoms with Crippen molar-refractivity contribution < 1.29 is 14.6 Å². The molecule has 0 saturated carbocycles. The van der Waals surface area contributed by atoms with Crippen LogP contribution in [-0.4, -0.2) is 55.5 Å². The van der Waals surface area contributed by atoms with E-state index in [2.05, 4.69) is 5.32 Å². The molecule has 1 rings (SSSR count). The van der Waals surface area contributed by atoms with Crippen molar-refractivity contribution in [3.63, 3.8) is 0 Å². The molecule has 1 aliphatic rings. The van der Waals surface area contributed by atoms with Crippen LogP contribution in [0.2, 0.25) is 0 Å². The molecule has 0 aromatic carbocycles. The number of urea groups is 1. The predicted molar refractivity (Wildman–Crippen MR) is 61.3 cm³/mol. The van der Waals surface area contributed by atoms with Crippen molar-refractivity contribution in [1.29, 1.82) is 0 Å². The van der Waals surface area contributed by atoms with Crippen LogP contribution >= 0.6 is 0 Å². The molecule has 0 aromatic heterocycles. The summed E-state index contributed by atoms with van der Waals surface area (Å²) in [6.45, 7) is 3.66. The van der Waals surface area contributed by atoms with Gasteiger partial charge in [-0.25, -0.2) is 4.79 Å². The SMILES string of the molecule is O=C(NCCCCCCO)N1CCOCC1. The van der Waals surface area contributed by atoms with Crippen LogP contribution in [0.4, 0.5) is 4.79 Å². The number of nitrogens with one attached hydrogen (secondary N) is 1. The van der Waals surface area contributed by atoms with Crippen molar-refractivity contribution in [3.05, 3.63) is 0 Å². The predicted octanol–water partition coefficient (Wildman–Crippen LogP) is 0.581. The molecule has 0 aromatic rings. The van der Waals surface area contributed by atoms with Gasteiger partial charge < -0.3 is 20.1 Å². The third-order valence-electron chi connectivity index (χ3n) is 2.66. The van der Waals surface area contributed by atoms with E-state index in [4.69, 9.17) is 9.84 Å². The summed E-state index contributed by atoms with van der Waals surface area (Å²) in [5, 5.41) is 11.5. The quantitative estimate of drug-likeness (QED) is 0.656. The van der Waals surface area contributed by atoms with E-state index in [9.17, 15) is 4.79 Å². The second kappa shape index (κ2) is 8.35. The Labute approximate surface area is 96.8 Å². The summed E-state index contributed by atoms with van der Waals surface area (Å²) in [4.78, 5) is 13.4. The van der Waals surface area contributed by atoms with Crippen LogP contribution < -0.4 is 5.32 Å². The summed E-state index contributed by atoms with van der Waals surface area (Å²) in [6.07, 6.45) is 3.93. The minimum absolute atomic E-state index is 0.0189. The van der Waals surface area contributed by atoms with Gasteiger partial charge in [0.05, 0.1) is 13.2 Å². The smallest absolute Gasteiger partial charge is 0.317 e. The van der Waals surface area contributed by atoms with Crippen molar-refractivity contribution in [3.8, 4) is 0 Å². The highest BCUT2D eigenvalue weighted by Crippen LogP contribution is 1.99. The molecule has 2 amide bonds. The Balaban J connectivity index is 1.97. The lowest BCUT2D eigenvalue weighted by Gasteiger charge is -2.26. The number of morpholine rings is 1. The van der Waals surface area contributed by atoms with Gasteiger partial charge in [0.2, 0.25) is 0 Å². The van der Waals surface area contributed by atoms with E-state index < -0.39 is 0 Å². The molecule has 1 saturated heterocycles. The van der Waals surface area contributed by atoms with E-state index in [1.165, 1.54) is 0 Å². The third-order valence-corrected chi connectivity index (χ3v) is 2.66. The Morgan fingerprint density at radius 2 is 1.88 bits per heavy atom. The van der Waals surface area contributed by atoms with Crippen molar-refractivity contribution in [1.82, 2.24) is 10.2 Å². The zero-order valence-electron chi connectivity index (χ0n) is 9.78. The van der Waals surface area contributed by atoms with Crippen LogP contribution in [0.3, 0.4) is 0 Å². The summed E-state index contributed by atoms with van der Waals surface area (Å²) in [5.41, 5.74) is 0. The second-order valence-corrected chi connectivity index (χ2v) is 3.97. The average Bonchev–Trinajstić information content (AvgIpc) is 2.34. The number of ether oxygens (including phenoxy) is 1. The number of unbranched alkanes of at least 4 members (excludes halogenated alkanes) is 3. The number of aliphatic hydroxyl groups is 1. The van der Waals surface area contributed by atoms with Crippen LogP contribution in [0.25, 0.3) is 0 Å². The topological polar surface area (TPSA) is 61.8 Å². The van der Waals surface area contributed by atoms with Gasteiger partial charge >= 0.3 is 6.03 Å². The maximum Gasteiger partial charge on any atom is 0.317 e. The van der Waals surface area contributed by atoms with Gasteiger partial charge in [-0.1, -0.05) is 12.8 Å². The number of aliphatic hydroxyl groups excluding tert-OH is 1. The molecule has 16 heavy (non-hydrogen) atoms. The molecule has 1 aliphatic heterocycles. The van der Waals surface area contributed by atoms with E-state index in [1.807, 2.05) is 0 Å². The third kappa shape index (κ3) is 5.32. The standard InChI is InChI=1S/C11H22N2O3/c14-8-4-2-1-3-5-12-11(15)13-6-9-16-10-7-13/h14H,1-10H2,(H,12,15). The minimum Gasteiger partial charge on any atom is -0.396 e. The highest BCUT2D eigenvalue weighted by atomic mass is 16.5. The van der Waals surface area contributed by atoms with E-state index in [1.54, 1.807) is 4.90 Å². The first kappa shape index (κ1) is 13.3. The van der Waals surface area contributed by atoms with Gasteiger partial charge in [0.15, 0.2) is 0 Å². The largest absolute Gasteiger partial charge is 0.396 e. The van der Waals surface area contributed by atoms with Crippen LogP contribution in [0.5, 0.6) is 0 Å². The molecule has 0 atom stereocenters. The Morgan fingerprint density at radius 3 is 2.56 bits per heavy atom. The number of carbonyl (C=O) groups excluding carboxylic acids is 1. The van der Waals surface area contributed by atoms with Crippen molar-refractivity contribution in [2.75, 3.05) is 39.5 Å². The number of carbonyl (C=O) groups is 1. The minimum atomic E-state index is 0.0189. The number of hydrogen-bond donors (Lipinski definition) is 2. The molecule has 1 heterocycles. The van der Waals surface area contributed by atoms with Gasteiger partial charge in [-0.05, 0) is 12.8 Å². The maximum atomic E-state index is 11.6. The molecule has 0 aliphatic carbocycles. The van der Waals surface area contributed by atoms with E-state index in [0.717, 1.165) is 32.2 Å². The maximum absolute atomic E-state index is 11.6. The first-order valence-corrected chi connectivity index (χ1v) is 6.06. The molecule has 0 bridgehead atoms. The second-order valence-electron chi connectivity index (χ2n) is 3.97. The lowest BCUT2D eigenvalue weighted by Crippen LogP contribution is -2.46.